The molecule has 3 heteroatoms. The molecule has 1 unspecified atom stereocenters. The molecule has 1 amide bonds. The largest absolute Gasteiger partial charge is 0.338 e. The van der Waals surface area contributed by atoms with Gasteiger partial charge < -0.3 is 10.2 Å². The van der Waals surface area contributed by atoms with E-state index >= 15 is 0 Å². The van der Waals surface area contributed by atoms with E-state index in [9.17, 15) is 4.79 Å². The summed E-state index contributed by atoms with van der Waals surface area (Å²) >= 11 is 0. The Morgan fingerprint density at radius 1 is 1.27 bits per heavy atom. The minimum Gasteiger partial charge on any atom is -0.338 e. The van der Waals surface area contributed by atoms with Crippen molar-refractivity contribution in [1.29, 1.82) is 0 Å². The third kappa shape index (κ3) is 3.35. The molecule has 1 spiro atoms. The summed E-state index contributed by atoms with van der Waals surface area (Å²) in [4.78, 5) is 15.1. The third-order valence-electron chi connectivity index (χ3n) is 5.20. The summed E-state index contributed by atoms with van der Waals surface area (Å²) in [5.41, 5.74) is 1.56. The summed E-state index contributed by atoms with van der Waals surface area (Å²) in [5, 5.41) is 3.42. The van der Waals surface area contributed by atoms with Crippen molar-refractivity contribution in [3.05, 3.63) is 35.9 Å². The summed E-state index contributed by atoms with van der Waals surface area (Å²) in [7, 11) is 0. The average molecular weight is 300 g/mol. The lowest BCUT2D eigenvalue weighted by molar-refractivity contribution is -0.134. The number of amides is 1. The number of hydrogen-bond acceptors (Lipinski definition) is 2. The van der Waals surface area contributed by atoms with Crippen molar-refractivity contribution < 1.29 is 4.79 Å². The molecule has 0 radical (unpaired) electrons. The number of rotatable bonds is 5. The predicted molar refractivity (Wildman–Crippen MR) is 89.3 cm³/mol. The fraction of sp³-hybridized carbons (Fsp3) is 0.632. The molecule has 0 bridgehead atoms. The van der Waals surface area contributed by atoms with E-state index in [2.05, 4.69) is 48.3 Å². The summed E-state index contributed by atoms with van der Waals surface area (Å²) in [6.07, 6.45) is 3.45. The highest BCUT2D eigenvalue weighted by Gasteiger charge is 2.58. The summed E-state index contributed by atoms with van der Waals surface area (Å²) < 4.78 is 0. The van der Waals surface area contributed by atoms with Crippen LogP contribution in [0.15, 0.2) is 30.3 Å². The molecule has 3 rings (SSSR count). The summed E-state index contributed by atoms with van der Waals surface area (Å²) in [6, 6.07) is 10.4. The van der Waals surface area contributed by atoms with Gasteiger partial charge in [0, 0.05) is 19.0 Å². The van der Waals surface area contributed by atoms with E-state index < -0.39 is 0 Å². The number of nitrogens with zero attached hydrogens (tertiary/aromatic N) is 1. The smallest absolute Gasteiger partial charge is 0.226 e. The van der Waals surface area contributed by atoms with Gasteiger partial charge in [-0.1, -0.05) is 44.2 Å². The van der Waals surface area contributed by atoms with Crippen molar-refractivity contribution in [3.63, 3.8) is 0 Å². The molecular formula is C19H28N2O. The molecule has 1 saturated heterocycles. The molecule has 22 heavy (non-hydrogen) atoms. The maximum atomic E-state index is 13.0. The van der Waals surface area contributed by atoms with Gasteiger partial charge in [0.25, 0.3) is 0 Å². The van der Waals surface area contributed by atoms with Crippen LogP contribution < -0.4 is 5.32 Å². The van der Waals surface area contributed by atoms with Crippen molar-refractivity contribution in [3.8, 4) is 0 Å². The first kappa shape index (κ1) is 15.5. The number of carbonyl (C=O) groups is 1. The SMILES string of the molecule is CC(C)CN(Cc1ccccc1)C(=O)C1CC12CCNCC2. The normalized spacial score (nSPS) is 22.8. The Labute approximate surface area is 134 Å². The number of hydrogen-bond donors (Lipinski definition) is 1. The second-order valence-electron chi connectivity index (χ2n) is 7.47. The Morgan fingerprint density at radius 3 is 2.59 bits per heavy atom. The highest BCUT2D eigenvalue weighted by molar-refractivity contribution is 5.82. The van der Waals surface area contributed by atoms with Gasteiger partial charge in [0.2, 0.25) is 5.91 Å². The minimum absolute atomic E-state index is 0.275. The van der Waals surface area contributed by atoms with Crippen LogP contribution in [-0.2, 0) is 11.3 Å². The van der Waals surface area contributed by atoms with Crippen LogP contribution in [0.5, 0.6) is 0 Å². The standard InChI is InChI=1S/C19H28N2O/c1-15(2)13-21(14-16-6-4-3-5-7-16)18(22)17-12-19(17)8-10-20-11-9-19/h3-7,15,17,20H,8-14H2,1-2H3. The Morgan fingerprint density at radius 2 is 1.95 bits per heavy atom. The van der Waals surface area contributed by atoms with Crippen molar-refractivity contribution in [2.24, 2.45) is 17.3 Å². The zero-order valence-corrected chi connectivity index (χ0v) is 13.8. The molecule has 1 atom stereocenters. The van der Waals surface area contributed by atoms with E-state index in [1.165, 1.54) is 18.4 Å². The van der Waals surface area contributed by atoms with E-state index in [-0.39, 0.29) is 5.92 Å². The molecule has 2 fully saturated rings. The van der Waals surface area contributed by atoms with Gasteiger partial charge in [0.15, 0.2) is 0 Å². The predicted octanol–water partition coefficient (Wildman–Crippen LogP) is 3.06. The Balaban J connectivity index is 1.68. The molecule has 1 aromatic carbocycles. The molecule has 2 aliphatic rings. The molecule has 1 saturated carbocycles. The van der Waals surface area contributed by atoms with Crippen LogP contribution in [0.25, 0.3) is 0 Å². The molecular weight excluding hydrogens is 272 g/mol. The van der Waals surface area contributed by atoms with Gasteiger partial charge in [-0.15, -0.1) is 0 Å². The van der Waals surface area contributed by atoms with E-state index in [0.717, 1.165) is 32.6 Å². The highest BCUT2D eigenvalue weighted by Crippen LogP contribution is 2.59. The van der Waals surface area contributed by atoms with E-state index in [4.69, 9.17) is 0 Å². The number of carbonyl (C=O) groups excluding carboxylic acids is 1. The van der Waals surface area contributed by atoms with E-state index in [1.54, 1.807) is 0 Å². The quantitative estimate of drug-likeness (QED) is 0.906. The molecule has 3 nitrogen and oxygen atoms in total. The number of benzene rings is 1. The lowest BCUT2D eigenvalue weighted by Gasteiger charge is -2.28. The van der Waals surface area contributed by atoms with Crippen LogP contribution >= 0.6 is 0 Å². The topological polar surface area (TPSA) is 32.3 Å². The van der Waals surface area contributed by atoms with Gasteiger partial charge in [0.05, 0.1) is 0 Å². The first-order chi connectivity index (χ1) is 10.6. The third-order valence-corrected chi connectivity index (χ3v) is 5.20. The maximum Gasteiger partial charge on any atom is 0.226 e. The second-order valence-corrected chi connectivity index (χ2v) is 7.47. The lowest BCUT2D eigenvalue weighted by atomic mass is 9.91. The zero-order chi connectivity index (χ0) is 15.6. The van der Waals surface area contributed by atoms with E-state index in [0.29, 0.717) is 17.2 Å². The molecule has 1 heterocycles. The Kier molecular flexibility index (Phi) is 4.53. The van der Waals surface area contributed by atoms with Crippen LogP contribution in [0, 0.1) is 17.3 Å². The van der Waals surface area contributed by atoms with E-state index in [1.807, 2.05) is 6.07 Å². The monoisotopic (exact) mass is 300 g/mol. The van der Waals surface area contributed by atoms with Crippen LogP contribution in [0.3, 0.4) is 0 Å². The summed E-state index contributed by atoms with van der Waals surface area (Å²) in [5.74, 6) is 1.17. The molecule has 0 aromatic heterocycles. The molecule has 120 valence electrons. The maximum absolute atomic E-state index is 13.0. The average Bonchev–Trinajstić information content (AvgIpc) is 3.20. The van der Waals surface area contributed by atoms with Crippen LogP contribution in [-0.4, -0.2) is 30.4 Å². The van der Waals surface area contributed by atoms with Crippen LogP contribution in [0.1, 0.15) is 38.7 Å². The minimum atomic E-state index is 0.275. The van der Waals surface area contributed by atoms with Gasteiger partial charge in [-0.25, -0.2) is 0 Å². The molecule has 1 N–H and O–H groups in total. The Hall–Kier alpha value is -1.35. The number of piperidine rings is 1. The fourth-order valence-electron chi connectivity index (χ4n) is 3.87. The van der Waals surface area contributed by atoms with Gasteiger partial charge in [0.1, 0.15) is 0 Å². The van der Waals surface area contributed by atoms with Crippen molar-refractivity contribution in [2.45, 2.75) is 39.7 Å². The van der Waals surface area contributed by atoms with Gasteiger partial charge in [-0.05, 0) is 49.2 Å². The molecule has 1 aliphatic carbocycles. The highest BCUT2D eigenvalue weighted by atomic mass is 16.2. The van der Waals surface area contributed by atoms with Gasteiger partial charge >= 0.3 is 0 Å². The molecule has 1 aliphatic heterocycles. The van der Waals surface area contributed by atoms with Crippen LogP contribution in [0.2, 0.25) is 0 Å². The van der Waals surface area contributed by atoms with Crippen molar-refractivity contribution >= 4 is 5.91 Å². The van der Waals surface area contributed by atoms with Crippen molar-refractivity contribution in [1.82, 2.24) is 10.2 Å². The first-order valence-electron chi connectivity index (χ1n) is 8.64. The fourth-order valence-corrected chi connectivity index (χ4v) is 3.87. The lowest BCUT2D eigenvalue weighted by Crippen LogP contribution is -2.38. The van der Waals surface area contributed by atoms with Gasteiger partial charge in [-0.2, -0.15) is 0 Å². The Bertz CT molecular complexity index is 505. The first-order valence-corrected chi connectivity index (χ1v) is 8.64. The zero-order valence-electron chi connectivity index (χ0n) is 13.8. The van der Waals surface area contributed by atoms with Crippen LogP contribution in [0.4, 0.5) is 0 Å². The van der Waals surface area contributed by atoms with Gasteiger partial charge in [-0.3, -0.25) is 4.79 Å². The molecule has 1 aromatic rings. The number of nitrogens with one attached hydrogen (secondary N) is 1. The second kappa shape index (κ2) is 6.41. The summed E-state index contributed by atoms with van der Waals surface area (Å²) in [6.45, 7) is 8.15. The van der Waals surface area contributed by atoms with Crippen molar-refractivity contribution in [2.75, 3.05) is 19.6 Å².